The van der Waals surface area contributed by atoms with Gasteiger partial charge in [0.2, 0.25) is 11.5 Å². The van der Waals surface area contributed by atoms with Gasteiger partial charge in [-0.25, -0.2) is 9.59 Å². The van der Waals surface area contributed by atoms with Crippen molar-refractivity contribution < 1.29 is 33.3 Å². The Hall–Kier alpha value is -4.50. The van der Waals surface area contributed by atoms with Crippen molar-refractivity contribution >= 4 is 28.0 Å². The lowest BCUT2D eigenvalue weighted by Gasteiger charge is -2.32. The van der Waals surface area contributed by atoms with Crippen molar-refractivity contribution in [2.45, 2.75) is 38.6 Å². The minimum Gasteiger partial charge on any atom is -0.502 e. The summed E-state index contributed by atoms with van der Waals surface area (Å²) >= 11 is 0. The lowest BCUT2D eigenvalue weighted by atomic mass is 9.96. The van der Waals surface area contributed by atoms with Crippen LogP contribution in [0, 0.1) is 0 Å². The summed E-state index contributed by atoms with van der Waals surface area (Å²) in [6.45, 7) is 9.21. The maximum absolute atomic E-state index is 12.2. The van der Waals surface area contributed by atoms with Crippen molar-refractivity contribution in [3.8, 4) is 23.0 Å². The van der Waals surface area contributed by atoms with Gasteiger partial charge in [-0.15, -0.1) is 0 Å². The third-order valence-electron chi connectivity index (χ3n) is 6.29. The zero-order chi connectivity index (χ0) is 27.4. The Morgan fingerprint density at radius 2 is 1.63 bits per heavy atom. The van der Waals surface area contributed by atoms with E-state index in [4.69, 9.17) is 23.0 Å². The van der Waals surface area contributed by atoms with Crippen LogP contribution >= 0.6 is 0 Å². The molecule has 2 atom stereocenters. The second-order valence-corrected chi connectivity index (χ2v) is 9.69. The summed E-state index contributed by atoms with van der Waals surface area (Å²) in [6, 6.07) is 8.97. The van der Waals surface area contributed by atoms with Crippen LogP contribution in [0.3, 0.4) is 0 Å². The van der Waals surface area contributed by atoms with E-state index in [9.17, 15) is 19.8 Å². The van der Waals surface area contributed by atoms with Gasteiger partial charge in [0, 0.05) is 34.0 Å². The van der Waals surface area contributed by atoms with E-state index in [1.807, 2.05) is 26.0 Å². The minimum atomic E-state index is -1.30. The number of hydrogen-bond donors (Lipinski definition) is 2. The molecule has 0 fully saturated rings. The van der Waals surface area contributed by atoms with Crippen LogP contribution in [-0.2, 0) is 0 Å². The van der Waals surface area contributed by atoms with Gasteiger partial charge in [-0.05, 0) is 56.7 Å². The topological polar surface area (TPSA) is 129 Å². The van der Waals surface area contributed by atoms with Crippen molar-refractivity contribution in [3.63, 3.8) is 0 Å². The Bertz CT molecular complexity index is 1740. The first kappa shape index (κ1) is 25.2. The fourth-order valence-corrected chi connectivity index (χ4v) is 4.42. The van der Waals surface area contributed by atoms with E-state index in [0.29, 0.717) is 27.7 Å². The molecule has 196 valence electrons. The molecule has 2 aromatic heterocycles. The summed E-state index contributed by atoms with van der Waals surface area (Å²) in [5.41, 5.74) is -0.638. The predicted octanol–water partition coefficient (Wildman–Crippen LogP) is 4.85. The molecule has 5 rings (SSSR count). The number of phenols is 1. The Morgan fingerprint density at radius 3 is 2.26 bits per heavy atom. The quantitative estimate of drug-likeness (QED) is 0.272. The third kappa shape index (κ3) is 4.31. The van der Waals surface area contributed by atoms with E-state index in [2.05, 4.69) is 6.58 Å². The van der Waals surface area contributed by atoms with Crippen LogP contribution in [0.2, 0.25) is 0 Å². The average molecular weight is 519 g/mol. The zero-order valence-corrected chi connectivity index (χ0v) is 21.2. The van der Waals surface area contributed by atoms with E-state index >= 15 is 0 Å². The predicted molar refractivity (Wildman–Crippen MR) is 141 cm³/mol. The molecule has 9 heteroatoms. The molecular formula is C29H26O9. The minimum absolute atomic E-state index is 0.0751. The highest BCUT2D eigenvalue weighted by Gasteiger charge is 2.34. The summed E-state index contributed by atoms with van der Waals surface area (Å²) < 4.78 is 28.9. The summed E-state index contributed by atoms with van der Waals surface area (Å²) in [4.78, 5) is 24.0. The van der Waals surface area contributed by atoms with E-state index < -0.39 is 34.8 Å². The highest BCUT2D eigenvalue weighted by molar-refractivity contribution is 5.90. The van der Waals surface area contributed by atoms with Gasteiger partial charge in [-0.3, -0.25) is 0 Å². The van der Waals surface area contributed by atoms with Crippen molar-refractivity contribution in [1.29, 1.82) is 0 Å². The van der Waals surface area contributed by atoms with E-state index in [-0.39, 0.29) is 28.2 Å². The second kappa shape index (κ2) is 9.11. The zero-order valence-electron chi connectivity index (χ0n) is 21.2. The maximum Gasteiger partial charge on any atom is 0.336 e. The molecule has 1 aliphatic rings. The fraction of sp³-hybridized carbons (Fsp3) is 0.241. The SMILES string of the molecule is C=C(C)[C@@H](O)[C@@H](Oc1c2c(cc3ccc(=O)oc13)C=CC(C)(C)O2)c1cc2ccc(=O)oc2c(O)c1OC. The maximum atomic E-state index is 12.2. The summed E-state index contributed by atoms with van der Waals surface area (Å²) in [5.74, 6) is -0.117. The van der Waals surface area contributed by atoms with Crippen molar-refractivity contribution in [1.82, 2.24) is 0 Å². The first-order chi connectivity index (χ1) is 18.0. The summed E-state index contributed by atoms with van der Waals surface area (Å²) in [5, 5.41) is 23.2. The van der Waals surface area contributed by atoms with Crippen LogP contribution in [0.4, 0.5) is 0 Å². The van der Waals surface area contributed by atoms with Gasteiger partial charge in [0.15, 0.2) is 28.8 Å². The first-order valence-corrected chi connectivity index (χ1v) is 11.8. The number of fused-ring (bicyclic) bond motifs is 3. The molecule has 0 spiro atoms. The van der Waals surface area contributed by atoms with Crippen molar-refractivity contribution in [2.24, 2.45) is 0 Å². The van der Waals surface area contributed by atoms with E-state index in [1.54, 1.807) is 25.1 Å². The van der Waals surface area contributed by atoms with Gasteiger partial charge in [-0.2, -0.15) is 0 Å². The Morgan fingerprint density at radius 1 is 1.00 bits per heavy atom. The average Bonchev–Trinajstić information content (AvgIpc) is 2.86. The fourth-order valence-electron chi connectivity index (χ4n) is 4.42. The molecular weight excluding hydrogens is 492 g/mol. The molecule has 9 nitrogen and oxygen atoms in total. The van der Waals surface area contributed by atoms with Crippen LogP contribution in [0.15, 0.2) is 73.0 Å². The van der Waals surface area contributed by atoms with Crippen LogP contribution in [-0.4, -0.2) is 29.0 Å². The van der Waals surface area contributed by atoms with Crippen molar-refractivity contribution in [2.75, 3.05) is 7.11 Å². The molecule has 0 saturated carbocycles. The number of aliphatic hydroxyl groups is 1. The standard InChI is InChI=1S/C29H26O9/c1-14(2)21(32)27(18-13-16-7-9-19(30)35-23(16)22(33)26(18)34-5)37-28-24-15(6-8-20(31)36-24)12-17-10-11-29(3,4)38-25(17)28/h6-13,21,27,32-33H,1H2,2-5H3/t21-,27+/m1/s1. The molecule has 0 saturated heterocycles. The van der Waals surface area contributed by atoms with E-state index in [1.165, 1.54) is 25.3 Å². The summed E-state index contributed by atoms with van der Waals surface area (Å²) in [6.07, 6.45) is 1.25. The number of benzene rings is 2. The van der Waals surface area contributed by atoms with Crippen LogP contribution < -0.4 is 25.5 Å². The van der Waals surface area contributed by atoms with Gasteiger partial charge in [0.05, 0.1) is 7.11 Å². The molecule has 0 radical (unpaired) electrons. The molecule has 0 bridgehead atoms. The van der Waals surface area contributed by atoms with Gasteiger partial charge in [0.1, 0.15) is 11.7 Å². The van der Waals surface area contributed by atoms with Crippen LogP contribution in [0.5, 0.6) is 23.0 Å². The molecule has 2 N–H and O–H groups in total. The second-order valence-electron chi connectivity index (χ2n) is 9.69. The van der Waals surface area contributed by atoms with Gasteiger partial charge in [-0.1, -0.05) is 12.7 Å². The van der Waals surface area contributed by atoms with Gasteiger partial charge < -0.3 is 33.3 Å². The lowest BCUT2D eigenvalue weighted by Crippen LogP contribution is -2.29. The number of aromatic hydroxyl groups is 1. The summed E-state index contributed by atoms with van der Waals surface area (Å²) in [7, 11) is 1.32. The Balaban J connectivity index is 1.79. The number of phenolic OH excluding ortho intramolecular Hbond substituents is 1. The Labute approximate surface area is 216 Å². The van der Waals surface area contributed by atoms with E-state index in [0.717, 1.165) is 0 Å². The highest BCUT2D eigenvalue weighted by atomic mass is 16.6. The number of methoxy groups -OCH3 is 1. The van der Waals surface area contributed by atoms with Crippen LogP contribution in [0.1, 0.15) is 38.0 Å². The normalized spacial score (nSPS) is 15.5. The molecule has 2 aromatic carbocycles. The van der Waals surface area contributed by atoms with Crippen molar-refractivity contribution in [3.05, 3.63) is 86.6 Å². The molecule has 4 aromatic rings. The molecule has 3 heterocycles. The number of rotatable bonds is 6. The Kier molecular flexibility index (Phi) is 6.03. The molecule has 1 aliphatic heterocycles. The number of aliphatic hydroxyl groups excluding tert-OH is 1. The molecule has 38 heavy (non-hydrogen) atoms. The highest BCUT2D eigenvalue weighted by Crippen LogP contribution is 2.48. The smallest absolute Gasteiger partial charge is 0.336 e. The molecule has 0 unspecified atom stereocenters. The first-order valence-electron chi connectivity index (χ1n) is 11.8. The largest absolute Gasteiger partial charge is 0.502 e. The molecule has 0 aliphatic carbocycles. The van der Waals surface area contributed by atoms with Gasteiger partial charge in [0.25, 0.3) is 0 Å². The third-order valence-corrected chi connectivity index (χ3v) is 6.29. The van der Waals surface area contributed by atoms with Crippen LogP contribution in [0.25, 0.3) is 28.0 Å². The van der Waals surface area contributed by atoms with Gasteiger partial charge >= 0.3 is 11.3 Å². The lowest BCUT2D eigenvalue weighted by molar-refractivity contribution is 0.0523. The number of hydrogen-bond acceptors (Lipinski definition) is 9. The molecule has 0 amide bonds. The monoisotopic (exact) mass is 518 g/mol. The number of ether oxygens (including phenoxy) is 3.